The first-order valence-electron chi connectivity index (χ1n) is 5.26. The molecule has 1 rings (SSSR count). The molecular weight excluding hydrogens is 208 g/mol. The van der Waals surface area contributed by atoms with Crippen LogP contribution in [0.4, 0.5) is 0 Å². The molecule has 0 aliphatic carbocycles. The Balaban J connectivity index is 2.40. The molecule has 1 aromatic rings. The number of ether oxygens (including phenoxy) is 1. The lowest BCUT2D eigenvalue weighted by Crippen LogP contribution is -2.11. The van der Waals surface area contributed by atoms with Crippen LogP contribution in [0.2, 0.25) is 0 Å². The first-order chi connectivity index (χ1) is 7.04. The molecule has 0 fully saturated rings. The van der Waals surface area contributed by atoms with Crippen molar-refractivity contribution < 1.29 is 4.74 Å². The van der Waals surface area contributed by atoms with E-state index in [2.05, 4.69) is 31.1 Å². The van der Waals surface area contributed by atoms with Crippen molar-refractivity contribution in [3.8, 4) is 0 Å². The molecule has 0 atom stereocenters. The van der Waals surface area contributed by atoms with Crippen molar-refractivity contribution in [2.75, 3.05) is 13.2 Å². The predicted octanol–water partition coefficient (Wildman–Crippen LogP) is 2.31. The molecule has 3 nitrogen and oxygen atoms in total. The monoisotopic (exact) mass is 228 g/mol. The third-order valence-corrected chi connectivity index (χ3v) is 2.86. The maximum absolute atomic E-state index is 5.45. The molecule has 0 bridgehead atoms. The largest absolute Gasteiger partial charge is 0.374 e. The van der Waals surface area contributed by atoms with E-state index in [1.165, 1.54) is 0 Å². The minimum absolute atomic E-state index is 0.131. The second-order valence-electron chi connectivity index (χ2n) is 4.57. The van der Waals surface area contributed by atoms with Crippen LogP contribution < -0.4 is 5.73 Å². The van der Waals surface area contributed by atoms with Crippen LogP contribution in [-0.4, -0.2) is 18.1 Å². The zero-order valence-corrected chi connectivity index (χ0v) is 10.6. The summed E-state index contributed by atoms with van der Waals surface area (Å²) in [6.45, 7) is 8.52. The Morgan fingerprint density at radius 3 is 2.73 bits per heavy atom. The van der Waals surface area contributed by atoms with E-state index in [1.807, 2.05) is 0 Å². The number of rotatable bonds is 5. The van der Waals surface area contributed by atoms with Crippen molar-refractivity contribution in [1.29, 1.82) is 0 Å². The first-order valence-corrected chi connectivity index (χ1v) is 6.14. The van der Waals surface area contributed by atoms with Gasteiger partial charge >= 0.3 is 0 Å². The van der Waals surface area contributed by atoms with Crippen molar-refractivity contribution in [3.63, 3.8) is 0 Å². The van der Waals surface area contributed by atoms with E-state index in [0.717, 1.165) is 23.7 Å². The summed E-state index contributed by atoms with van der Waals surface area (Å²) in [5.74, 6) is 0. The van der Waals surface area contributed by atoms with Gasteiger partial charge in [-0.1, -0.05) is 20.8 Å². The third-order valence-electron chi connectivity index (χ3n) is 2.04. The zero-order valence-electron chi connectivity index (χ0n) is 9.75. The lowest BCUT2D eigenvalue weighted by atomic mass is 9.93. The van der Waals surface area contributed by atoms with Gasteiger partial charge in [-0.25, -0.2) is 4.98 Å². The van der Waals surface area contributed by atoms with E-state index in [4.69, 9.17) is 10.5 Å². The highest BCUT2D eigenvalue weighted by Crippen LogP contribution is 2.24. The van der Waals surface area contributed by atoms with Crippen molar-refractivity contribution in [2.45, 2.75) is 39.2 Å². The average Bonchev–Trinajstić information content (AvgIpc) is 2.60. The molecule has 0 aliphatic rings. The van der Waals surface area contributed by atoms with Crippen molar-refractivity contribution in [2.24, 2.45) is 5.73 Å². The minimum Gasteiger partial charge on any atom is -0.374 e. The van der Waals surface area contributed by atoms with Gasteiger partial charge in [0.2, 0.25) is 0 Å². The average molecular weight is 228 g/mol. The van der Waals surface area contributed by atoms with E-state index in [1.54, 1.807) is 11.3 Å². The van der Waals surface area contributed by atoms with Crippen LogP contribution in [0.3, 0.4) is 0 Å². The molecule has 0 aromatic carbocycles. The number of aromatic nitrogens is 1. The van der Waals surface area contributed by atoms with Crippen molar-refractivity contribution in [1.82, 2.24) is 4.98 Å². The second kappa shape index (κ2) is 5.58. The molecule has 0 saturated heterocycles. The molecule has 1 heterocycles. The normalized spacial score (nSPS) is 12.0. The summed E-state index contributed by atoms with van der Waals surface area (Å²) in [6, 6.07) is 0. The lowest BCUT2D eigenvalue weighted by molar-refractivity contribution is 0.119. The summed E-state index contributed by atoms with van der Waals surface area (Å²) in [4.78, 5) is 4.54. The van der Waals surface area contributed by atoms with Gasteiger partial charge in [0, 0.05) is 17.4 Å². The summed E-state index contributed by atoms with van der Waals surface area (Å²) in [6.07, 6.45) is 0.914. The van der Waals surface area contributed by atoms with Crippen LogP contribution in [0.25, 0.3) is 0 Å². The number of nitrogens with two attached hydrogens (primary N) is 1. The van der Waals surface area contributed by atoms with Gasteiger partial charge in [-0.15, -0.1) is 11.3 Å². The topological polar surface area (TPSA) is 48.1 Å². The van der Waals surface area contributed by atoms with Crippen LogP contribution >= 0.6 is 11.3 Å². The Labute approximate surface area is 95.7 Å². The van der Waals surface area contributed by atoms with Crippen LogP contribution in [0.1, 0.15) is 37.9 Å². The van der Waals surface area contributed by atoms with Crippen LogP contribution in [0, 0.1) is 0 Å². The molecule has 0 unspecified atom stereocenters. The molecule has 15 heavy (non-hydrogen) atoms. The van der Waals surface area contributed by atoms with Gasteiger partial charge in [0.25, 0.3) is 0 Å². The molecule has 86 valence electrons. The summed E-state index contributed by atoms with van der Waals surface area (Å²) in [5.41, 5.74) is 6.65. The van der Waals surface area contributed by atoms with Gasteiger partial charge in [-0.05, 0) is 13.0 Å². The fraction of sp³-hybridized carbons (Fsp3) is 0.727. The Bertz CT molecular complexity index is 291. The standard InChI is InChI=1S/C11H20N2OS/c1-11(2,3)9-8-15-10(13-9)7-14-6-4-5-12/h8H,4-7,12H2,1-3H3. The maximum atomic E-state index is 5.45. The zero-order chi connectivity index (χ0) is 11.3. The van der Waals surface area contributed by atoms with Crippen molar-refractivity contribution >= 4 is 11.3 Å². The van der Waals surface area contributed by atoms with Gasteiger partial charge in [-0.3, -0.25) is 0 Å². The summed E-state index contributed by atoms with van der Waals surface area (Å²) < 4.78 is 5.45. The van der Waals surface area contributed by atoms with E-state index in [-0.39, 0.29) is 5.41 Å². The smallest absolute Gasteiger partial charge is 0.119 e. The van der Waals surface area contributed by atoms with Gasteiger partial charge < -0.3 is 10.5 Å². The SMILES string of the molecule is CC(C)(C)c1csc(COCCCN)n1. The maximum Gasteiger partial charge on any atom is 0.119 e. The number of hydrogen-bond donors (Lipinski definition) is 1. The Kier molecular flexibility index (Phi) is 4.70. The molecule has 1 aromatic heterocycles. The first kappa shape index (κ1) is 12.6. The molecule has 0 spiro atoms. The van der Waals surface area contributed by atoms with E-state index < -0.39 is 0 Å². The molecule has 2 N–H and O–H groups in total. The van der Waals surface area contributed by atoms with Crippen LogP contribution in [0.5, 0.6) is 0 Å². The molecular formula is C11H20N2OS. The van der Waals surface area contributed by atoms with E-state index in [0.29, 0.717) is 13.2 Å². The quantitative estimate of drug-likeness (QED) is 0.787. The molecule has 0 aliphatic heterocycles. The third kappa shape index (κ3) is 4.28. The van der Waals surface area contributed by atoms with Crippen LogP contribution in [0.15, 0.2) is 5.38 Å². The van der Waals surface area contributed by atoms with Gasteiger partial charge in [-0.2, -0.15) is 0 Å². The lowest BCUT2D eigenvalue weighted by Gasteiger charge is -2.14. The minimum atomic E-state index is 0.131. The van der Waals surface area contributed by atoms with Gasteiger partial charge in [0.05, 0.1) is 12.3 Å². The Hall–Kier alpha value is -0.450. The molecule has 4 heteroatoms. The van der Waals surface area contributed by atoms with Crippen molar-refractivity contribution in [3.05, 3.63) is 16.1 Å². The van der Waals surface area contributed by atoms with E-state index >= 15 is 0 Å². The number of thiazole rings is 1. The molecule has 0 radical (unpaired) electrons. The van der Waals surface area contributed by atoms with Gasteiger partial charge in [0.1, 0.15) is 5.01 Å². The van der Waals surface area contributed by atoms with Crippen LogP contribution in [-0.2, 0) is 16.8 Å². The Morgan fingerprint density at radius 1 is 1.47 bits per heavy atom. The van der Waals surface area contributed by atoms with Gasteiger partial charge in [0.15, 0.2) is 0 Å². The number of hydrogen-bond acceptors (Lipinski definition) is 4. The molecule has 0 saturated carbocycles. The Morgan fingerprint density at radius 2 is 2.20 bits per heavy atom. The fourth-order valence-electron chi connectivity index (χ4n) is 1.07. The fourth-order valence-corrected chi connectivity index (χ4v) is 2.02. The summed E-state index contributed by atoms with van der Waals surface area (Å²) >= 11 is 1.67. The van der Waals surface area contributed by atoms with E-state index in [9.17, 15) is 0 Å². The summed E-state index contributed by atoms with van der Waals surface area (Å²) in [5, 5.41) is 3.17. The predicted molar refractivity (Wildman–Crippen MR) is 64.1 cm³/mol. The highest BCUT2D eigenvalue weighted by atomic mass is 32.1. The number of nitrogens with zero attached hydrogens (tertiary/aromatic N) is 1. The molecule has 0 amide bonds. The highest BCUT2D eigenvalue weighted by Gasteiger charge is 2.17. The highest BCUT2D eigenvalue weighted by molar-refractivity contribution is 7.09. The summed E-state index contributed by atoms with van der Waals surface area (Å²) in [7, 11) is 0. The second-order valence-corrected chi connectivity index (χ2v) is 5.51.